The summed E-state index contributed by atoms with van der Waals surface area (Å²) in [5.74, 6) is -0.673. The number of hydrogen-bond donors (Lipinski definition) is 2. The topological polar surface area (TPSA) is 138 Å². The molecule has 0 radical (unpaired) electrons. The summed E-state index contributed by atoms with van der Waals surface area (Å²) in [4.78, 5) is 20.7. The molecular weight excluding hydrogens is 538 g/mol. The maximum absolute atomic E-state index is 13.6. The lowest BCUT2D eigenvalue weighted by Gasteiger charge is -2.26. The third-order valence-corrected chi connectivity index (χ3v) is 8.88. The summed E-state index contributed by atoms with van der Waals surface area (Å²) >= 11 is 0. The van der Waals surface area contributed by atoms with Crippen LogP contribution in [0.1, 0.15) is 16.7 Å². The number of amides is 1. The Bertz CT molecular complexity index is 1690. The summed E-state index contributed by atoms with van der Waals surface area (Å²) in [5.41, 5.74) is 3.23. The fourth-order valence-corrected chi connectivity index (χ4v) is 6.25. The molecular formula is C27H27N5O5S2. The molecule has 1 aromatic heterocycles. The van der Waals surface area contributed by atoms with Gasteiger partial charge in [-0.05, 0) is 74.9 Å². The molecule has 12 heteroatoms. The predicted molar refractivity (Wildman–Crippen MR) is 150 cm³/mol. The molecule has 4 rings (SSSR count). The van der Waals surface area contributed by atoms with Crippen molar-refractivity contribution in [2.75, 3.05) is 20.9 Å². The molecule has 39 heavy (non-hydrogen) atoms. The predicted octanol–water partition coefficient (Wildman–Crippen LogP) is 4.04. The van der Waals surface area contributed by atoms with E-state index in [-0.39, 0.29) is 15.7 Å². The van der Waals surface area contributed by atoms with Gasteiger partial charge < -0.3 is 5.32 Å². The van der Waals surface area contributed by atoms with Crippen LogP contribution in [-0.4, -0.2) is 39.3 Å². The van der Waals surface area contributed by atoms with Gasteiger partial charge in [0.25, 0.3) is 20.0 Å². The highest BCUT2D eigenvalue weighted by molar-refractivity contribution is 7.93. The summed E-state index contributed by atoms with van der Waals surface area (Å²) in [6, 6.07) is 18.7. The second-order valence-corrected chi connectivity index (χ2v) is 12.4. The summed E-state index contributed by atoms with van der Waals surface area (Å²) in [5, 5.41) is 2.65. The van der Waals surface area contributed by atoms with Crippen LogP contribution in [0.4, 0.5) is 17.3 Å². The van der Waals surface area contributed by atoms with E-state index in [1.165, 1.54) is 48.8 Å². The number of aromatic nitrogens is 2. The molecule has 0 fully saturated rings. The van der Waals surface area contributed by atoms with Crippen molar-refractivity contribution in [1.82, 2.24) is 9.97 Å². The molecule has 0 saturated carbocycles. The van der Waals surface area contributed by atoms with Crippen LogP contribution in [0, 0.1) is 20.8 Å². The van der Waals surface area contributed by atoms with Gasteiger partial charge in [-0.15, -0.1) is 0 Å². The second-order valence-electron chi connectivity index (χ2n) is 8.87. The highest BCUT2D eigenvalue weighted by atomic mass is 32.2. The molecule has 0 aliphatic carbocycles. The highest BCUT2D eigenvalue weighted by Gasteiger charge is 2.28. The van der Waals surface area contributed by atoms with Crippen molar-refractivity contribution in [2.45, 2.75) is 30.6 Å². The van der Waals surface area contributed by atoms with Crippen molar-refractivity contribution < 1.29 is 21.6 Å². The molecule has 0 aliphatic heterocycles. The Kier molecular flexibility index (Phi) is 7.98. The highest BCUT2D eigenvalue weighted by Crippen LogP contribution is 2.28. The van der Waals surface area contributed by atoms with Gasteiger partial charge in [0.1, 0.15) is 6.54 Å². The molecule has 4 aromatic rings. The first-order chi connectivity index (χ1) is 18.5. The largest absolute Gasteiger partial charge is 0.325 e. The zero-order valence-corrected chi connectivity index (χ0v) is 23.1. The van der Waals surface area contributed by atoms with Crippen LogP contribution in [0.2, 0.25) is 0 Å². The minimum Gasteiger partial charge on any atom is -0.325 e. The van der Waals surface area contributed by atoms with E-state index in [1.54, 1.807) is 37.3 Å². The molecule has 0 spiro atoms. The van der Waals surface area contributed by atoms with Gasteiger partial charge in [0.05, 0.1) is 15.5 Å². The molecule has 3 aromatic carbocycles. The molecule has 1 amide bonds. The standard InChI is InChI=1S/C27H27N5O5S2/c1-19-5-10-24(11-6-19)39(36,37)32(25-14-7-20(2)17-21(25)3)18-26(33)30-22-8-12-23(13-9-22)38(34,35)31-27-28-15-4-16-29-27/h4-17H,18H2,1-3H3,(H,30,33)(H,28,29,31). The van der Waals surface area contributed by atoms with Gasteiger partial charge >= 0.3 is 0 Å². The number of benzene rings is 3. The van der Waals surface area contributed by atoms with Crippen molar-refractivity contribution >= 4 is 43.3 Å². The average Bonchev–Trinajstić information content (AvgIpc) is 2.88. The monoisotopic (exact) mass is 565 g/mol. The van der Waals surface area contributed by atoms with E-state index < -0.39 is 32.5 Å². The van der Waals surface area contributed by atoms with E-state index in [1.807, 2.05) is 19.9 Å². The number of aryl methyl sites for hydroxylation is 3. The van der Waals surface area contributed by atoms with E-state index >= 15 is 0 Å². The first kappa shape index (κ1) is 27.7. The number of hydrogen-bond acceptors (Lipinski definition) is 7. The van der Waals surface area contributed by atoms with Crippen LogP contribution in [-0.2, 0) is 24.8 Å². The number of sulfonamides is 2. The Balaban J connectivity index is 1.56. The molecule has 10 nitrogen and oxygen atoms in total. The Morgan fingerprint density at radius 3 is 2.00 bits per heavy atom. The summed E-state index contributed by atoms with van der Waals surface area (Å²) < 4.78 is 55.8. The van der Waals surface area contributed by atoms with E-state index in [0.717, 1.165) is 15.4 Å². The van der Waals surface area contributed by atoms with Crippen LogP contribution >= 0.6 is 0 Å². The molecule has 0 aliphatic rings. The molecule has 0 atom stereocenters. The third kappa shape index (κ3) is 6.59. The quantitative estimate of drug-likeness (QED) is 0.312. The van der Waals surface area contributed by atoms with Crippen molar-refractivity contribution in [2.24, 2.45) is 0 Å². The minimum atomic E-state index is -4.08. The van der Waals surface area contributed by atoms with E-state index in [2.05, 4.69) is 20.0 Å². The van der Waals surface area contributed by atoms with Crippen LogP contribution in [0.5, 0.6) is 0 Å². The van der Waals surface area contributed by atoms with E-state index in [4.69, 9.17) is 0 Å². The Hall–Kier alpha value is -4.29. The SMILES string of the molecule is Cc1ccc(S(=O)(=O)N(CC(=O)Nc2ccc(S(=O)(=O)Nc3ncccn3)cc2)c2ccc(C)cc2C)cc1. The number of rotatable bonds is 9. The average molecular weight is 566 g/mol. The number of nitrogens with zero attached hydrogens (tertiary/aromatic N) is 3. The van der Waals surface area contributed by atoms with Crippen molar-refractivity contribution in [1.29, 1.82) is 0 Å². The van der Waals surface area contributed by atoms with Gasteiger partial charge in [-0.1, -0.05) is 35.4 Å². The smallest absolute Gasteiger partial charge is 0.264 e. The molecule has 1 heterocycles. The first-order valence-electron chi connectivity index (χ1n) is 11.8. The molecule has 0 saturated heterocycles. The summed E-state index contributed by atoms with van der Waals surface area (Å²) in [6.07, 6.45) is 2.81. The molecule has 202 valence electrons. The lowest BCUT2D eigenvalue weighted by molar-refractivity contribution is -0.114. The fraction of sp³-hybridized carbons (Fsp3) is 0.148. The fourth-order valence-electron chi connectivity index (χ4n) is 3.80. The second kappa shape index (κ2) is 11.2. The Labute approximate surface area is 227 Å². The minimum absolute atomic E-state index is 0.0605. The van der Waals surface area contributed by atoms with Crippen LogP contribution in [0.25, 0.3) is 0 Å². The summed E-state index contributed by atoms with van der Waals surface area (Å²) in [7, 11) is -8.03. The number of anilines is 3. The van der Waals surface area contributed by atoms with Gasteiger partial charge in [-0.3, -0.25) is 9.10 Å². The van der Waals surface area contributed by atoms with Gasteiger partial charge in [0, 0.05) is 18.1 Å². The lowest BCUT2D eigenvalue weighted by Crippen LogP contribution is -2.38. The van der Waals surface area contributed by atoms with E-state index in [9.17, 15) is 21.6 Å². The van der Waals surface area contributed by atoms with Crippen LogP contribution < -0.4 is 14.3 Å². The van der Waals surface area contributed by atoms with Gasteiger partial charge in [0.2, 0.25) is 11.9 Å². The van der Waals surface area contributed by atoms with Crippen molar-refractivity contribution in [3.05, 3.63) is 102 Å². The van der Waals surface area contributed by atoms with E-state index in [0.29, 0.717) is 16.9 Å². The number of carbonyl (C=O) groups is 1. The molecule has 2 N–H and O–H groups in total. The number of nitrogens with one attached hydrogen (secondary N) is 2. The third-order valence-electron chi connectivity index (χ3n) is 5.76. The Morgan fingerprint density at radius 1 is 0.795 bits per heavy atom. The first-order valence-corrected chi connectivity index (χ1v) is 14.7. The molecule has 0 bridgehead atoms. The van der Waals surface area contributed by atoms with Crippen LogP contribution in [0.15, 0.2) is 95.0 Å². The normalized spacial score (nSPS) is 11.6. The zero-order valence-electron chi connectivity index (χ0n) is 21.5. The maximum Gasteiger partial charge on any atom is 0.264 e. The van der Waals surface area contributed by atoms with Gasteiger partial charge in [-0.2, -0.15) is 0 Å². The van der Waals surface area contributed by atoms with Gasteiger partial charge in [0.15, 0.2) is 0 Å². The van der Waals surface area contributed by atoms with Crippen molar-refractivity contribution in [3.63, 3.8) is 0 Å². The van der Waals surface area contributed by atoms with Crippen LogP contribution in [0.3, 0.4) is 0 Å². The number of carbonyl (C=O) groups excluding carboxylic acids is 1. The van der Waals surface area contributed by atoms with Crippen molar-refractivity contribution in [3.8, 4) is 0 Å². The van der Waals surface area contributed by atoms with Gasteiger partial charge in [-0.25, -0.2) is 31.5 Å². The Morgan fingerprint density at radius 2 is 1.38 bits per heavy atom. The summed E-state index contributed by atoms with van der Waals surface area (Å²) in [6.45, 7) is 5.04. The molecule has 0 unspecified atom stereocenters. The lowest BCUT2D eigenvalue weighted by atomic mass is 10.1. The zero-order chi connectivity index (χ0) is 28.2. The maximum atomic E-state index is 13.6.